The normalized spacial score (nSPS) is 16.5. The Balaban J connectivity index is 1.57. The number of rotatable bonds is 4. The predicted molar refractivity (Wildman–Crippen MR) is 93.4 cm³/mol. The van der Waals surface area contributed by atoms with E-state index in [0.29, 0.717) is 11.3 Å². The molecule has 2 heterocycles. The second-order valence-electron chi connectivity index (χ2n) is 6.08. The molecule has 3 rings (SSSR count). The van der Waals surface area contributed by atoms with Crippen LogP contribution in [0.2, 0.25) is 0 Å². The lowest BCUT2D eigenvalue weighted by Crippen LogP contribution is -2.41. The van der Waals surface area contributed by atoms with Crippen LogP contribution in [0.5, 0.6) is 0 Å². The van der Waals surface area contributed by atoms with Crippen LogP contribution in [0.15, 0.2) is 42.6 Å². The minimum absolute atomic E-state index is 0.0193. The second kappa shape index (κ2) is 7.67. The van der Waals surface area contributed by atoms with Gasteiger partial charge in [0.1, 0.15) is 11.7 Å². The molecule has 0 spiro atoms. The van der Waals surface area contributed by atoms with Crippen molar-refractivity contribution in [1.82, 2.24) is 10.3 Å². The second-order valence-corrected chi connectivity index (χ2v) is 6.08. The molecule has 146 valence electrons. The van der Waals surface area contributed by atoms with Gasteiger partial charge in [-0.1, -0.05) is 12.1 Å². The van der Waals surface area contributed by atoms with Gasteiger partial charge < -0.3 is 16.0 Å². The Labute approximate surface area is 157 Å². The molecule has 2 aromatic rings. The monoisotopic (exact) mass is 392 g/mol. The summed E-state index contributed by atoms with van der Waals surface area (Å²) in [6.07, 6.45) is -3.77. The van der Waals surface area contributed by atoms with Crippen LogP contribution >= 0.6 is 0 Å². The molecule has 0 saturated carbocycles. The lowest BCUT2D eigenvalue weighted by molar-refractivity contribution is -0.141. The van der Waals surface area contributed by atoms with Crippen molar-refractivity contribution in [3.63, 3.8) is 0 Å². The van der Waals surface area contributed by atoms with Crippen molar-refractivity contribution in [2.24, 2.45) is 0 Å². The summed E-state index contributed by atoms with van der Waals surface area (Å²) in [7, 11) is 0. The molecule has 3 amide bonds. The van der Waals surface area contributed by atoms with Crippen molar-refractivity contribution in [3.05, 3.63) is 53.9 Å². The summed E-state index contributed by atoms with van der Waals surface area (Å²) in [5.74, 6) is -1.42. The van der Waals surface area contributed by atoms with Crippen molar-refractivity contribution in [2.75, 3.05) is 10.6 Å². The highest BCUT2D eigenvalue weighted by Crippen LogP contribution is 2.27. The van der Waals surface area contributed by atoms with Gasteiger partial charge in [-0.05, 0) is 30.7 Å². The van der Waals surface area contributed by atoms with Crippen LogP contribution in [0.1, 0.15) is 28.9 Å². The molecule has 1 atom stereocenters. The molecular formula is C18H15F3N4O3. The van der Waals surface area contributed by atoms with Crippen molar-refractivity contribution < 1.29 is 27.6 Å². The van der Waals surface area contributed by atoms with E-state index in [2.05, 4.69) is 20.9 Å². The smallest absolute Gasteiger partial charge is 0.340 e. The predicted octanol–water partition coefficient (Wildman–Crippen LogP) is 2.57. The van der Waals surface area contributed by atoms with Gasteiger partial charge in [-0.2, -0.15) is 13.2 Å². The molecule has 0 fully saturated rings. The van der Waals surface area contributed by atoms with E-state index in [1.54, 1.807) is 24.3 Å². The van der Waals surface area contributed by atoms with Gasteiger partial charge >= 0.3 is 6.18 Å². The Morgan fingerprint density at radius 3 is 2.57 bits per heavy atom. The van der Waals surface area contributed by atoms with Gasteiger partial charge in [0, 0.05) is 6.42 Å². The Morgan fingerprint density at radius 2 is 1.89 bits per heavy atom. The Hall–Kier alpha value is -3.43. The number of benzene rings is 1. The highest BCUT2D eigenvalue weighted by molar-refractivity contribution is 6.09. The summed E-state index contributed by atoms with van der Waals surface area (Å²) in [5, 5.41) is 7.59. The summed E-state index contributed by atoms with van der Waals surface area (Å²) in [5.41, 5.74) is -0.269. The zero-order chi connectivity index (χ0) is 20.3. The van der Waals surface area contributed by atoms with Crippen LogP contribution < -0.4 is 16.0 Å². The number of carbonyl (C=O) groups is 3. The van der Waals surface area contributed by atoms with E-state index in [1.807, 2.05) is 0 Å². The van der Waals surface area contributed by atoms with Crippen molar-refractivity contribution in [2.45, 2.75) is 25.1 Å². The summed E-state index contributed by atoms with van der Waals surface area (Å²) < 4.78 is 37.5. The maximum atomic E-state index is 12.5. The lowest BCUT2D eigenvalue weighted by Gasteiger charge is -2.14. The van der Waals surface area contributed by atoms with Crippen LogP contribution in [0, 0.1) is 0 Å². The number of para-hydroxylation sites is 1. The van der Waals surface area contributed by atoms with Gasteiger partial charge in [-0.3, -0.25) is 14.4 Å². The molecule has 10 heteroatoms. The number of fused-ring (bicyclic) bond motifs is 1. The number of alkyl halides is 3. The Morgan fingerprint density at radius 1 is 1.14 bits per heavy atom. The topological polar surface area (TPSA) is 100 Å². The quantitative estimate of drug-likeness (QED) is 0.745. The number of halogens is 3. The fourth-order valence-electron chi connectivity index (χ4n) is 2.65. The SMILES string of the molecule is O=C(CCC1NC(=O)c2ccccc2NC1=O)Nc1ccc(C(F)(F)F)nc1. The molecule has 28 heavy (non-hydrogen) atoms. The largest absolute Gasteiger partial charge is 0.433 e. The maximum Gasteiger partial charge on any atom is 0.433 e. The third-order valence-electron chi connectivity index (χ3n) is 4.05. The first-order chi connectivity index (χ1) is 13.2. The third kappa shape index (κ3) is 4.45. The number of anilines is 2. The molecule has 0 aliphatic carbocycles. The molecule has 1 aromatic carbocycles. The van der Waals surface area contributed by atoms with Crippen LogP contribution in [0.4, 0.5) is 24.5 Å². The fourth-order valence-corrected chi connectivity index (χ4v) is 2.65. The van der Waals surface area contributed by atoms with Crippen LogP contribution in [-0.4, -0.2) is 28.7 Å². The van der Waals surface area contributed by atoms with Gasteiger partial charge in [0.2, 0.25) is 11.8 Å². The van der Waals surface area contributed by atoms with E-state index in [4.69, 9.17) is 0 Å². The first-order valence-corrected chi connectivity index (χ1v) is 8.28. The molecule has 0 bridgehead atoms. The first-order valence-electron chi connectivity index (χ1n) is 8.28. The van der Waals surface area contributed by atoms with Crippen molar-refractivity contribution >= 4 is 29.1 Å². The molecule has 1 aliphatic heterocycles. The molecule has 1 unspecified atom stereocenters. The van der Waals surface area contributed by atoms with Crippen LogP contribution in [0.25, 0.3) is 0 Å². The molecule has 7 nitrogen and oxygen atoms in total. The molecule has 0 radical (unpaired) electrons. The minimum Gasteiger partial charge on any atom is -0.340 e. The highest BCUT2D eigenvalue weighted by atomic mass is 19.4. The van der Waals surface area contributed by atoms with E-state index in [1.165, 1.54) is 0 Å². The van der Waals surface area contributed by atoms with Gasteiger partial charge in [-0.25, -0.2) is 4.98 Å². The maximum absolute atomic E-state index is 12.5. The number of hydrogen-bond acceptors (Lipinski definition) is 4. The van der Waals surface area contributed by atoms with Gasteiger partial charge in [0.25, 0.3) is 5.91 Å². The summed E-state index contributed by atoms with van der Waals surface area (Å²) in [4.78, 5) is 39.7. The van der Waals surface area contributed by atoms with Gasteiger partial charge in [0.15, 0.2) is 0 Å². The summed E-state index contributed by atoms with van der Waals surface area (Å²) in [6, 6.07) is 7.43. The van der Waals surface area contributed by atoms with Crippen LogP contribution in [0.3, 0.4) is 0 Å². The van der Waals surface area contributed by atoms with E-state index in [0.717, 1.165) is 18.3 Å². The summed E-state index contributed by atoms with van der Waals surface area (Å²) >= 11 is 0. The average molecular weight is 392 g/mol. The number of hydrogen-bond donors (Lipinski definition) is 3. The third-order valence-corrected chi connectivity index (χ3v) is 4.05. The van der Waals surface area contributed by atoms with Crippen molar-refractivity contribution in [1.29, 1.82) is 0 Å². The Bertz CT molecular complexity index is 913. The zero-order valence-corrected chi connectivity index (χ0v) is 14.3. The number of pyridine rings is 1. The Kier molecular flexibility index (Phi) is 5.30. The lowest BCUT2D eigenvalue weighted by atomic mass is 10.1. The number of nitrogens with zero attached hydrogens (tertiary/aromatic N) is 1. The van der Waals surface area contributed by atoms with E-state index in [-0.39, 0.29) is 18.5 Å². The molecule has 1 aromatic heterocycles. The van der Waals surface area contributed by atoms with Crippen LogP contribution in [-0.2, 0) is 15.8 Å². The molecule has 1 aliphatic rings. The van der Waals surface area contributed by atoms with Gasteiger partial charge in [0.05, 0.1) is 23.1 Å². The first kappa shape index (κ1) is 19.3. The standard InChI is InChI=1S/C18H15F3N4O3/c19-18(20,21)14-7-5-10(9-22-14)23-15(26)8-6-13-17(28)24-12-4-2-1-3-11(12)16(27)25-13/h1-5,7,9,13H,6,8H2,(H,23,26)(H,24,28)(H,25,27). The number of aromatic nitrogens is 1. The molecular weight excluding hydrogens is 377 g/mol. The fraction of sp³-hybridized carbons (Fsp3) is 0.222. The van der Waals surface area contributed by atoms with Gasteiger partial charge in [-0.15, -0.1) is 0 Å². The minimum atomic E-state index is -4.56. The zero-order valence-electron chi connectivity index (χ0n) is 14.3. The molecule has 3 N–H and O–H groups in total. The van der Waals surface area contributed by atoms with E-state index in [9.17, 15) is 27.6 Å². The number of nitrogens with one attached hydrogen (secondary N) is 3. The summed E-state index contributed by atoms with van der Waals surface area (Å²) in [6.45, 7) is 0. The number of amides is 3. The van der Waals surface area contributed by atoms with Crippen molar-refractivity contribution in [3.8, 4) is 0 Å². The highest BCUT2D eigenvalue weighted by Gasteiger charge is 2.32. The molecule has 0 saturated heterocycles. The number of carbonyl (C=O) groups excluding carboxylic acids is 3. The van der Waals surface area contributed by atoms with E-state index >= 15 is 0 Å². The average Bonchev–Trinajstić information content (AvgIpc) is 2.76. The van der Waals surface area contributed by atoms with E-state index < -0.39 is 35.6 Å².